The van der Waals surface area contributed by atoms with Crippen LogP contribution >= 0.6 is 0 Å². The highest BCUT2D eigenvalue weighted by Gasteiger charge is 2.26. The minimum Gasteiger partial charge on any atom is -0.340 e. The number of benzene rings is 1. The van der Waals surface area contributed by atoms with Crippen molar-refractivity contribution in [1.82, 2.24) is 14.5 Å². The summed E-state index contributed by atoms with van der Waals surface area (Å²) in [6.07, 6.45) is 7.73. The Balaban J connectivity index is 1.86. The van der Waals surface area contributed by atoms with E-state index in [1.54, 1.807) is 18.1 Å². The fourth-order valence-electron chi connectivity index (χ4n) is 4.62. The van der Waals surface area contributed by atoms with Crippen molar-refractivity contribution >= 4 is 16.8 Å². The van der Waals surface area contributed by atoms with Crippen molar-refractivity contribution in [2.24, 2.45) is 13.0 Å². The van der Waals surface area contributed by atoms with Crippen LogP contribution < -0.4 is 5.56 Å². The van der Waals surface area contributed by atoms with Crippen LogP contribution in [-0.4, -0.2) is 34.0 Å². The molecule has 4 rings (SSSR count). The van der Waals surface area contributed by atoms with Crippen molar-refractivity contribution < 1.29 is 4.79 Å². The number of carbonyl (C=O) groups is 1. The summed E-state index contributed by atoms with van der Waals surface area (Å²) in [7, 11) is 3.53. The van der Waals surface area contributed by atoms with Gasteiger partial charge in [-0.25, -0.2) is 0 Å². The van der Waals surface area contributed by atoms with Gasteiger partial charge in [-0.05, 0) is 37.3 Å². The molecule has 2 aromatic heterocycles. The summed E-state index contributed by atoms with van der Waals surface area (Å²) in [5.41, 5.74) is 3.43. The summed E-state index contributed by atoms with van der Waals surface area (Å²) in [6.45, 7) is 2.76. The molecule has 0 unspecified atom stereocenters. The summed E-state index contributed by atoms with van der Waals surface area (Å²) < 4.78 is 1.48. The highest BCUT2D eigenvalue weighted by Crippen LogP contribution is 2.31. The van der Waals surface area contributed by atoms with Crippen molar-refractivity contribution in [3.05, 3.63) is 64.2 Å². The van der Waals surface area contributed by atoms with Gasteiger partial charge in [0.1, 0.15) is 11.2 Å². The number of aryl methyl sites for hydroxylation is 1. The second-order valence-electron chi connectivity index (χ2n) is 8.54. The van der Waals surface area contributed by atoms with Crippen LogP contribution in [0.2, 0.25) is 0 Å². The van der Waals surface area contributed by atoms with E-state index in [-0.39, 0.29) is 11.5 Å². The Bertz CT molecular complexity index is 1130. The molecule has 0 atom stereocenters. The molecule has 1 amide bonds. The maximum Gasteiger partial charge on any atom is 0.277 e. The molecule has 156 valence electrons. The van der Waals surface area contributed by atoms with Crippen LogP contribution in [0.1, 0.15) is 48.2 Å². The van der Waals surface area contributed by atoms with E-state index in [0.717, 1.165) is 28.6 Å². The number of aromatic nitrogens is 2. The molecule has 3 aromatic rings. The molecule has 0 aliphatic heterocycles. The third-order valence-corrected chi connectivity index (χ3v) is 6.30. The Labute approximate surface area is 177 Å². The van der Waals surface area contributed by atoms with Crippen LogP contribution in [0.5, 0.6) is 0 Å². The minimum absolute atomic E-state index is 0.110. The lowest BCUT2D eigenvalue weighted by molar-refractivity contribution is 0.0751. The molecule has 2 heterocycles. The highest BCUT2D eigenvalue weighted by atomic mass is 16.2. The molecule has 5 nitrogen and oxygen atoms in total. The first kappa shape index (κ1) is 20.3. The third kappa shape index (κ3) is 3.76. The summed E-state index contributed by atoms with van der Waals surface area (Å²) in [5, 5.41) is 0.721. The van der Waals surface area contributed by atoms with E-state index in [2.05, 4.69) is 4.98 Å². The molecular formula is C25H29N3O2. The number of hydrogen-bond acceptors (Lipinski definition) is 3. The van der Waals surface area contributed by atoms with Crippen LogP contribution in [0.25, 0.3) is 22.0 Å². The zero-order chi connectivity index (χ0) is 21.3. The third-order valence-electron chi connectivity index (χ3n) is 6.30. The normalized spacial score (nSPS) is 14.8. The first-order valence-electron chi connectivity index (χ1n) is 10.8. The number of carbonyl (C=O) groups excluding carboxylic acids is 1. The van der Waals surface area contributed by atoms with Crippen LogP contribution in [0.15, 0.2) is 47.4 Å². The van der Waals surface area contributed by atoms with Crippen LogP contribution in [-0.2, 0) is 7.05 Å². The Morgan fingerprint density at radius 2 is 1.83 bits per heavy atom. The van der Waals surface area contributed by atoms with Crippen LogP contribution in [0.3, 0.4) is 0 Å². The predicted octanol–water partition coefficient (Wildman–Crippen LogP) is 4.56. The topological polar surface area (TPSA) is 55.2 Å². The predicted molar refractivity (Wildman–Crippen MR) is 121 cm³/mol. The number of amides is 1. The van der Waals surface area contributed by atoms with Gasteiger partial charge in [-0.1, -0.05) is 55.2 Å². The van der Waals surface area contributed by atoms with E-state index in [9.17, 15) is 9.59 Å². The van der Waals surface area contributed by atoms with Gasteiger partial charge < -0.3 is 9.47 Å². The van der Waals surface area contributed by atoms with Gasteiger partial charge in [0.2, 0.25) is 0 Å². The quantitative estimate of drug-likeness (QED) is 0.642. The van der Waals surface area contributed by atoms with E-state index >= 15 is 0 Å². The van der Waals surface area contributed by atoms with Gasteiger partial charge in [0, 0.05) is 37.8 Å². The maximum atomic E-state index is 13.6. The van der Waals surface area contributed by atoms with Gasteiger partial charge >= 0.3 is 0 Å². The van der Waals surface area contributed by atoms with Gasteiger partial charge in [0.15, 0.2) is 0 Å². The minimum atomic E-state index is -0.240. The largest absolute Gasteiger partial charge is 0.340 e. The van der Waals surface area contributed by atoms with E-state index in [0.29, 0.717) is 17.1 Å². The maximum absolute atomic E-state index is 13.6. The molecule has 0 radical (unpaired) electrons. The number of fused-ring (bicyclic) bond motifs is 1. The van der Waals surface area contributed by atoms with E-state index < -0.39 is 0 Å². The van der Waals surface area contributed by atoms with Crippen molar-refractivity contribution in [3.8, 4) is 11.1 Å². The van der Waals surface area contributed by atoms with Crippen molar-refractivity contribution in [3.63, 3.8) is 0 Å². The lowest BCUT2D eigenvalue weighted by Gasteiger charge is -2.28. The lowest BCUT2D eigenvalue weighted by Crippen LogP contribution is -2.37. The number of rotatable bonds is 4. The fourth-order valence-corrected chi connectivity index (χ4v) is 4.62. The molecule has 1 aromatic carbocycles. The molecular weight excluding hydrogens is 374 g/mol. The van der Waals surface area contributed by atoms with Crippen molar-refractivity contribution in [2.45, 2.75) is 39.0 Å². The first-order valence-corrected chi connectivity index (χ1v) is 10.8. The second kappa shape index (κ2) is 8.42. The monoisotopic (exact) mass is 403 g/mol. The highest BCUT2D eigenvalue weighted by molar-refractivity contribution is 6.07. The SMILES string of the molecule is Cc1ccc(-c2c(C(=O)N(C)CC3CCCCC3)n(C)c(=O)c3ncccc23)cc1. The molecule has 30 heavy (non-hydrogen) atoms. The van der Waals surface area contributed by atoms with E-state index in [1.165, 1.54) is 36.7 Å². The number of hydrogen-bond donors (Lipinski definition) is 0. The van der Waals surface area contributed by atoms with Gasteiger partial charge in [-0.15, -0.1) is 0 Å². The van der Waals surface area contributed by atoms with Crippen LogP contribution in [0.4, 0.5) is 0 Å². The number of nitrogens with zero attached hydrogens (tertiary/aromatic N) is 3. The molecule has 0 bridgehead atoms. The molecule has 0 N–H and O–H groups in total. The first-order chi connectivity index (χ1) is 14.5. The molecule has 1 aliphatic carbocycles. The Hall–Kier alpha value is -2.95. The van der Waals surface area contributed by atoms with Gasteiger partial charge in [0.25, 0.3) is 11.5 Å². The molecule has 1 fully saturated rings. The van der Waals surface area contributed by atoms with E-state index in [4.69, 9.17) is 0 Å². The van der Waals surface area contributed by atoms with Crippen molar-refractivity contribution in [1.29, 1.82) is 0 Å². The summed E-state index contributed by atoms with van der Waals surface area (Å²) in [6, 6.07) is 11.8. The zero-order valence-corrected chi connectivity index (χ0v) is 18.0. The smallest absolute Gasteiger partial charge is 0.277 e. The Morgan fingerprint density at radius 3 is 2.53 bits per heavy atom. The second-order valence-corrected chi connectivity index (χ2v) is 8.54. The Kier molecular flexibility index (Phi) is 5.71. The molecule has 0 spiro atoms. The summed E-state index contributed by atoms with van der Waals surface area (Å²) in [5.74, 6) is 0.427. The average Bonchev–Trinajstić information content (AvgIpc) is 2.77. The van der Waals surface area contributed by atoms with Gasteiger partial charge in [-0.2, -0.15) is 0 Å². The average molecular weight is 404 g/mol. The molecule has 1 aliphatic rings. The molecule has 5 heteroatoms. The molecule has 0 saturated heterocycles. The standard InChI is InChI=1S/C25H29N3O2/c1-17-11-13-19(14-12-17)21-20-10-7-15-26-22(20)24(29)28(3)23(21)25(30)27(2)16-18-8-5-4-6-9-18/h7,10-15,18H,4-6,8-9,16H2,1-3H3. The molecule has 1 saturated carbocycles. The van der Waals surface area contributed by atoms with Gasteiger partial charge in [0.05, 0.1) is 0 Å². The van der Waals surface area contributed by atoms with Crippen molar-refractivity contribution in [2.75, 3.05) is 13.6 Å². The Morgan fingerprint density at radius 1 is 1.13 bits per heavy atom. The summed E-state index contributed by atoms with van der Waals surface area (Å²) in [4.78, 5) is 32.8. The lowest BCUT2D eigenvalue weighted by atomic mass is 9.89. The van der Waals surface area contributed by atoms with Crippen LogP contribution in [0, 0.1) is 12.8 Å². The number of pyridine rings is 2. The fraction of sp³-hybridized carbons (Fsp3) is 0.400. The van der Waals surface area contributed by atoms with Gasteiger partial charge in [-0.3, -0.25) is 14.6 Å². The van der Waals surface area contributed by atoms with E-state index in [1.807, 2.05) is 50.4 Å². The zero-order valence-electron chi connectivity index (χ0n) is 18.0. The summed E-state index contributed by atoms with van der Waals surface area (Å²) >= 11 is 0.